The van der Waals surface area contributed by atoms with Crippen LogP contribution in [0.5, 0.6) is 0 Å². The predicted octanol–water partition coefficient (Wildman–Crippen LogP) is 1.78. The Morgan fingerprint density at radius 2 is 2.38 bits per heavy atom. The summed E-state index contributed by atoms with van der Waals surface area (Å²) >= 11 is 0. The quantitative estimate of drug-likeness (QED) is 0.747. The van der Waals surface area contributed by atoms with Gasteiger partial charge < -0.3 is 10.5 Å². The fourth-order valence-corrected chi connectivity index (χ4v) is 1.96. The molecule has 13 heavy (non-hydrogen) atoms. The van der Waals surface area contributed by atoms with Crippen LogP contribution in [0.2, 0.25) is 0 Å². The summed E-state index contributed by atoms with van der Waals surface area (Å²) in [5.74, 6) is 0. The number of hydrogen-bond acceptors (Lipinski definition) is 2. The standard InChI is InChI=1S/C11H15NO/c1-13-7-8-2-4-10-9(6-8)3-5-11(10)12/h2,4,6,11H,3,5,7,12H2,1H3/t11-/m0/s1. The fourth-order valence-electron chi connectivity index (χ4n) is 1.96. The van der Waals surface area contributed by atoms with Crippen LogP contribution in [0.1, 0.15) is 29.2 Å². The Bertz CT molecular complexity index is 309. The van der Waals surface area contributed by atoms with Crippen molar-refractivity contribution in [2.24, 2.45) is 5.73 Å². The van der Waals surface area contributed by atoms with E-state index in [4.69, 9.17) is 10.5 Å². The zero-order chi connectivity index (χ0) is 9.26. The average molecular weight is 177 g/mol. The van der Waals surface area contributed by atoms with E-state index >= 15 is 0 Å². The second-order valence-electron chi connectivity index (χ2n) is 3.61. The normalized spacial score (nSPS) is 20.3. The summed E-state index contributed by atoms with van der Waals surface area (Å²) in [6.07, 6.45) is 2.21. The van der Waals surface area contributed by atoms with Gasteiger partial charge in [-0.05, 0) is 29.5 Å². The molecule has 0 heterocycles. The first-order valence-corrected chi connectivity index (χ1v) is 4.67. The average Bonchev–Trinajstić information content (AvgIpc) is 2.48. The van der Waals surface area contributed by atoms with Gasteiger partial charge in [0.05, 0.1) is 6.61 Å². The lowest BCUT2D eigenvalue weighted by atomic mass is 10.1. The van der Waals surface area contributed by atoms with Gasteiger partial charge in [-0.25, -0.2) is 0 Å². The Morgan fingerprint density at radius 1 is 1.54 bits per heavy atom. The minimum Gasteiger partial charge on any atom is -0.380 e. The molecule has 1 aromatic rings. The third-order valence-corrected chi connectivity index (χ3v) is 2.64. The maximum atomic E-state index is 5.94. The van der Waals surface area contributed by atoms with Gasteiger partial charge in [-0.1, -0.05) is 18.2 Å². The summed E-state index contributed by atoms with van der Waals surface area (Å²) < 4.78 is 5.08. The van der Waals surface area contributed by atoms with E-state index in [0.29, 0.717) is 6.61 Å². The van der Waals surface area contributed by atoms with Gasteiger partial charge in [0.25, 0.3) is 0 Å². The second kappa shape index (κ2) is 3.48. The van der Waals surface area contributed by atoms with E-state index in [1.807, 2.05) is 0 Å². The molecule has 2 N–H and O–H groups in total. The lowest BCUT2D eigenvalue weighted by molar-refractivity contribution is 0.185. The molecule has 1 aromatic carbocycles. The largest absolute Gasteiger partial charge is 0.380 e. The third kappa shape index (κ3) is 1.60. The zero-order valence-electron chi connectivity index (χ0n) is 7.92. The SMILES string of the molecule is COCc1ccc2c(c1)CC[C@@H]2N. The van der Waals surface area contributed by atoms with Crippen LogP contribution in [-0.4, -0.2) is 7.11 Å². The number of fused-ring (bicyclic) bond motifs is 1. The highest BCUT2D eigenvalue weighted by atomic mass is 16.5. The van der Waals surface area contributed by atoms with Crippen molar-refractivity contribution in [2.45, 2.75) is 25.5 Å². The summed E-state index contributed by atoms with van der Waals surface area (Å²) in [6.45, 7) is 0.697. The summed E-state index contributed by atoms with van der Waals surface area (Å²) in [4.78, 5) is 0. The zero-order valence-corrected chi connectivity index (χ0v) is 7.92. The van der Waals surface area contributed by atoms with Crippen molar-refractivity contribution in [3.05, 3.63) is 34.9 Å². The molecule has 0 aliphatic heterocycles. The third-order valence-electron chi connectivity index (χ3n) is 2.64. The number of methoxy groups -OCH3 is 1. The minimum absolute atomic E-state index is 0.256. The van der Waals surface area contributed by atoms with Crippen LogP contribution in [-0.2, 0) is 17.8 Å². The molecule has 0 spiro atoms. The number of ether oxygens (including phenoxy) is 1. The molecule has 1 aliphatic carbocycles. The molecule has 0 saturated heterocycles. The maximum Gasteiger partial charge on any atom is 0.0713 e. The molecular formula is C11H15NO. The molecule has 1 aliphatic rings. The molecule has 0 aromatic heterocycles. The highest BCUT2D eigenvalue weighted by Crippen LogP contribution is 2.29. The smallest absolute Gasteiger partial charge is 0.0713 e. The molecule has 0 saturated carbocycles. The van der Waals surface area contributed by atoms with Gasteiger partial charge in [0.2, 0.25) is 0 Å². The number of hydrogen-bond donors (Lipinski definition) is 1. The summed E-state index contributed by atoms with van der Waals surface area (Å²) in [5, 5.41) is 0. The Kier molecular flexibility index (Phi) is 2.34. The van der Waals surface area contributed by atoms with E-state index in [9.17, 15) is 0 Å². The van der Waals surface area contributed by atoms with Crippen molar-refractivity contribution in [1.82, 2.24) is 0 Å². The molecule has 2 heteroatoms. The molecule has 1 atom stereocenters. The molecule has 0 bridgehead atoms. The van der Waals surface area contributed by atoms with Crippen molar-refractivity contribution in [2.75, 3.05) is 7.11 Å². The summed E-state index contributed by atoms with van der Waals surface area (Å²) in [6, 6.07) is 6.71. The van der Waals surface area contributed by atoms with Crippen LogP contribution in [0, 0.1) is 0 Å². The first-order chi connectivity index (χ1) is 6.31. The Hall–Kier alpha value is -0.860. The van der Waals surface area contributed by atoms with E-state index in [1.165, 1.54) is 16.7 Å². The number of rotatable bonds is 2. The summed E-state index contributed by atoms with van der Waals surface area (Å²) in [5.41, 5.74) is 9.91. The Morgan fingerprint density at radius 3 is 3.15 bits per heavy atom. The van der Waals surface area contributed by atoms with Gasteiger partial charge in [-0.2, -0.15) is 0 Å². The molecule has 2 nitrogen and oxygen atoms in total. The first-order valence-electron chi connectivity index (χ1n) is 4.67. The number of nitrogens with two attached hydrogens (primary N) is 1. The first kappa shape index (κ1) is 8.73. The van der Waals surface area contributed by atoms with Gasteiger partial charge in [-0.3, -0.25) is 0 Å². The van der Waals surface area contributed by atoms with Gasteiger partial charge in [0, 0.05) is 13.2 Å². The van der Waals surface area contributed by atoms with Crippen molar-refractivity contribution >= 4 is 0 Å². The molecule has 0 fully saturated rings. The van der Waals surface area contributed by atoms with Crippen LogP contribution in [0.3, 0.4) is 0 Å². The van der Waals surface area contributed by atoms with E-state index in [2.05, 4.69) is 18.2 Å². The maximum absolute atomic E-state index is 5.94. The van der Waals surface area contributed by atoms with E-state index in [-0.39, 0.29) is 6.04 Å². The van der Waals surface area contributed by atoms with Gasteiger partial charge in [0.1, 0.15) is 0 Å². The van der Waals surface area contributed by atoms with E-state index in [0.717, 1.165) is 12.8 Å². The van der Waals surface area contributed by atoms with Crippen molar-refractivity contribution in [3.8, 4) is 0 Å². The molecule has 70 valence electrons. The monoisotopic (exact) mass is 177 g/mol. The van der Waals surface area contributed by atoms with Crippen molar-refractivity contribution in [3.63, 3.8) is 0 Å². The van der Waals surface area contributed by atoms with Crippen LogP contribution < -0.4 is 5.73 Å². The lowest BCUT2D eigenvalue weighted by Crippen LogP contribution is -2.05. The summed E-state index contributed by atoms with van der Waals surface area (Å²) in [7, 11) is 1.72. The lowest BCUT2D eigenvalue weighted by Gasteiger charge is -2.06. The highest BCUT2D eigenvalue weighted by Gasteiger charge is 2.18. The van der Waals surface area contributed by atoms with Crippen molar-refractivity contribution < 1.29 is 4.74 Å². The van der Waals surface area contributed by atoms with Gasteiger partial charge in [-0.15, -0.1) is 0 Å². The highest BCUT2D eigenvalue weighted by molar-refractivity contribution is 5.37. The van der Waals surface area contributed by atoms with Crippen LogP contribution in [0.25, 0.3) is 0 Å². The van der Waals surface area contributed by atoms with Crippen LogP contribution in [0.15, 0.2) is 18.2 Å². The predicted molar refractivity (Wildman–Crippen MR) is 52.4 cm³/mol. The van der Waals surface area contributed by atoms with Gasteiger partial charge in [0.15, 0.2) is 0 Å². The fraction of sp³-hybridized carbons (Fsp3) is 0.455. The van der Waals surface area contributed by atoms with Gasteiger partial charge >= 0.3 is 0 Å². The van der Waals surface area contributed by atoms with Crippen molar-refractivity contribution in [1.29, 1.82) is 0 Å². The molecule has 2 rings (SSSR count). The van der Waals surface area contributed by atoms with Crippen LogP contribution in [0.4, 0.5) is 0 Å². The topological polar surface area (TPSA) is 35.2 Å². The Labute approximate surface area is 78.7 Å². The molecule has 0 unspecified atom stereocenters. The number of aryl methyl sites for hydroxylation is 1. The Balaban J connectivity index is 2.29. The second-order valence-corrected chi connectivity index (χ2v) is 3.61. The van der Waals surface area contributed by atoms with E-state index < -0.39 is 0 Å². The van der Waals surface area contributed by atoms with E-state index in [1.54, 1.807) is 7.11 Å². The molecule has 0 amide bonds. The molecular weight excluding hydrogens is 162 g/mol. The number of benzene rings is 1. The molecule has 0 radical (unpaired) electrons. The minimum atomic E-state index is 0.256. The van der Waals surface area contributed by atoms with Crippen LogP contribution >= 0.6 is 0 Å².